The van der Waals surface area contributed by atoms with E-state index in [2.05, 4.69) is 10.3 Å². The molecule has 1 aliphatic heterocycles. The van der Waals surface area contributed by atoms with E-state index >= 15 is 0 Å². The van der Waals surface area contributed by atoms with Crippen molar-refractivity contribution in [1.29, 1.82) is 0 Å². The van der Waals surface area contributed by atoms with Crippen LogP contribution in [0.15, 0.2) is 4.99 Å². The van der Waals surface area contributed by atoms with E-state index in [0.717, 1.165) is 18.3 Å². The Bertz CT molecular complexity index is 138. The highest BCUT2D eigenvalue weighted by Crippen LogP contribution is 2.05. The molecule has 2 N–H and O–H groups in total. The van der Waals surface area contributed by atoms with E-state index in [9.17, 15) is 0 Å². The lowest BCUT2D eigenvalue weighted by molar-refractivity contribution is 0.228. The predicted octanol–water partition coefficient (Wildman–Crippen LogP) is -0.0829. The maximum Gasteiger partial charge on any atom is 0.156 e. The molecule has 1 rings (SSSR count). The first-order valence-electron chi connectivity index (χ1n) is 3.30. The predicted molar refractivity (Wildman–Crippen MR) is 44.4 cm³/mol. The molecule has 0 saturated carbocycles. The molecule has 1 atom stereocenters. The SMILES string of the molecule is CSC1=NCC(CO)CN1. The molecule has 0 fully saturated rings. The lowest BCUT2D eigenvalue weighted by Gasteiger charge is -2.19. The minimum absolute atomic E-state index is 0.234. The summed E-state index contributed by atoms with van der Waals surface area (Å²) in [5.74, 6) is 0.316. The molecule has 0 amide bonds. The minimum Gasteiger partial charge on any atom is -0.396 e. The van der Waals surface area contributed by atoms with Gasteiger partial charge in [0, 0.05) is 25.6 Å². The highest BCUT2D eigenvalue weighted by Gasteiger charge is 2.12. The van der Waals surface area contributed by atoms with Gasteiger partial charge in [0.25, 0.3) is 0 Å². The zero-order valence-corrected chi connectivity index (χ0v) is 6.82. The van der Waals surface area contributed by atoms with Crippen LogP contribution in [-0.4, -0.2) is 36.2 Å². The summed E-state index contributed by atoms with van der Waals surface area (Å²) in [5, 5.41) is 12.8. The fourth-order valence-corrected chi connectivity index (χ4v) is 1.25. The second-order valence-corrected chi connectivity index (χ2v) is 3.07. The van der Waals surface area contributed by atoms with E-state index in [1.807, 2.05) is 6.26 Å². The van der Waals surface area contributed by atoms with Gasteiger partial charge in [0.2, 0.25) is 0 Å². The average Bonchev–Trinajstić information content (AvgIpc) is 2.05. The van der Waals surface area contributed by atoms with Crippen molar-refractivity contribution < 1.29 is 5.11 Å². The highest BCUT2D eigenvalue weighted by atomic mass is 32.2. The molecule has 0 radical (unpaired) electrons. The van der Waals surface area contributed by atoms with Crippen LogP contribution in [0.4, 0.5) is 0 Å². The van der Waals surface area contributed by atoms with Gasteiger partial charge in [-0.1, -0.05) is 11.8 Å². The second-order valence-electron chi connectivity index (χ2n) is 2.28. The van der Waals surface area contributed by atoms with Gasteiger partial charge in [-0.15, -0.1) is 0 Å². The summed E-state index contributed by atoms with van der Waals surface area (Å²) in [7, 11) is 0. The van der Waals surface area contributed by atoms with Crippen LogP contribution in [0.2, 0.25) is 0 Å². The third kappa shape index (κ3) is 1.88. The molecule has 1 aliphatic rings. The van der Waals surface area contributed by atoms with E-state index < -0.39 is 0 Å². The van der Waals surface area contributed by atoms with Gasteiger partial charge in [-0.25, -0.2) is 0 Å². The van der Waals surface area contributed by atoms with Crippen LogP contribution in [0.1, 0.15) is 0 Å². The molecule has 1 heterocycles. The zero-order valence-electron chi connectivity index (χ0n) is 6.00. The Hall–Kier alpha value is -0.220. The first kappa shape index (κ1) is 7.88. The maximum atomic E-state index is 8.73. The van der Waals surface area contributed by atoms with Crippen LogP contribution < -0.4 is 5.32 Å². The Labute approximate surface area is 64.9 Å². The lowest BCUT2D eigenvalue weighted by Crippen LogP contribution is -2.35. The number of thioether (sulfide) groups is 1. The van der Waals surface area contributed by atoms with Gasteiger partial charge in [0.15, 0.2) is 5.17 Å². The van der Waals surface area contributed by atoms with E-state index in [1.54, 1.807) is 11.8 Å². The molecule has 10 heavy (non-hydrogen) atoms. The van der Waals surface area contributed by atoms with Gasteiger partial charge < -0.3 is 10.4 Å². The first-order chi connectivity index (χ1) is 4.86. The summed E-state index contributed by atoms with van der Waals surface area (Å²) in [6, 6.07) is 0. The summed E-state index contributed by atoms with van der Waals surface area (Å²) in [5.41, 5.74) is 0. The third-order valence-corrected chi connectivity index (χ3v) is 2.15. The Morgan fingerprint density at radius 1 is 1.90 bits per heavy atom. The normalized spacial score (nSPS) is 25.4. The van der Waals surface area contributed by atoms with Crippen molar-refractivity contribution in [3.8, 4) is 0 Å². The van der Waals surface area contributed by atoms with Crippen molar-refractivity contribution in [3.63, 3.8) is 0 Å². The molecule has 3 nitrogen and oxygen atoms in total. The number of nitrogens with zero attached hydrogens (tertiary/aromatic N) is 1. The van der Waals surface area contributed by atoms with Gasteiger partial charge >= 0.3 is 0 Å². The van der Waals surface area contributed by atoms with E-state index in [-0.39, 0.29) is 6.61 Å². The Balaban J connectivity index is 2.36. The maximum absolute atomic E-state index is 8.73. The molecule has 0 aromatic rings. The largest absolute Gasteiger partial charge is 0.396 e. The quantitative estimate of drug-likeness (QED) is 0.564. The average molecular weight is 160 g/mol. The first-order valence-corrected chi connectivity index (χ1v) is 4.52. The molecule has 0 aromatic heterocycles. The molecule has 1 unspecified atom stereocenters. The lowest BCUT2D eigenvalue weighted by atomic mass is 10.1. The molecule has 4 heteroatoms. The number of aliphatic hydroxyl groups excluding tert-OH is 1. The summed E-state index contributed by atoms with van der Waals surface area (Å²) in [4.78, 5) is 4.21. The van der Waals surface area contributed by atoms with E-state index in [4.69, 9.17) is 5.11 Å². The van der Waals surface area contributed by atoms with Gasteiger partial charge in [0.05, 0.1) is 0 Å². The van der Waals surface area contributed by atoms with Crippen molar-refractivity contribution in [3.05, 3.63) is 0 Å². The number of rotatable bonds is 1. The van der Waals surface area contributed by atoms with Crippen molar-refractivity contribution in [2.24, 2.45) is 10.9 Å². The van der Waals surface area contributed by atoms with Crippen LogP contribution in [0.25, 0.3) is 0 Å². The number of hydrogen-bond acceptors (Lipinski definition) is 4. The topological polar surface area (TPSA) is 44.6 Å². The molecule has 0 spiro atoms. The minimum atomic E-state index is 0.234. The monoisotopic (exact) mass is 160 g/mol. The molecule has 0 aliphatic carbocycles. The summed E-state index contributed by atoms with van der Waals surface area (Å²) in [6.07, 6.45) is 1.99. The summed E-state index contributed by atoms with van der Waals surface area (Å²) in [6.45, 7) is 1.86. The van der Waals surface area contributed by atoms with Crippen LogP contribution in [0, 0.1) is 5.92 Å². The van der Waals surface area contributed by atoms with E-state index in [1.165, 1.54) is 0 Å². The summed E-state index contributed by atoms with van der Waals surface area (Å²) >= 11 is 1.62. The van der Waals surface area contributed by atoms with Crippen molar-refractivity contribution >= 4 is 16.9 Å². The fourth-order valence-electron chi connectivity index (χ4n) is 0.823. The standard InChI is InChI=1S/C6H12N2OS/c1-10-6-7-2-5(4-9)3-8-6/h5,9H,2-4H2,1H3,(H,7,8). The number of amidine groups is 1. The molecule has 0 bridgehead atoms. The van der Waals surface area contributed by atoms with Crippen LogP contribution in [0.3, 0.4) is 0 Å². The van der Waals surface area contributed by atoms with Gasteiger partial charge in [-0.3, -0.25) is 4.99 Å². The summed E-state index contributed by atoms with van der Waals surface area (Å²) < 4.78 is 0. The van der Waals surface area contributed by atoms with Crippen molar-refractivity contribution in [1.82, 2.24) is 5.32 Å². The molecule has 58 valence electrons. The molecular weight excluding hydrogens is 148 g/mol. The zero-order chi connectivity index (χ0) is 7.40. The highest BCUT2D eigenvalue weighted by molar-refractivity contribution is 8.13. The second kappa shape index (κ2) is 3.83. The molecular formula is C6H12N2OS. The Morgan fingerprint density at radius 3 is 3.10 bits per heavy atom. The van der Waals surface area contributed by atoms with Gasteiger partial charge in [0.1, 0.15) is 0 Å². The third-order valence-electron chi connectivity index (χ3n) is 1.49. The molecule has 0 aromatic carbocycles. The number of hydrogen-bond donors (Lipinski definition) is 2. The van der Waals surface area contributed by atoms with Crippen LogP contribution >= 0.6 is 11.8 Å². The molecule has 0 saturated heterocycles. The Morgan fingerprint density at radius 2 is 2.70 bits per heavy atom. The van der Waals surface area contributed by atoms with Gasteiger partial charge in [-0.05, 0) is 6.26 Å². The van der Waals surface area contributed by atoms with Crippen LogP contribution in [0.5, 0.6) is 0 Å². The fraction of sp³-hybridized carbons (Fsp3) is 0.833. The van der Waals surface area contributed by atoms with Crippen LogP contribution in [-0.2, 0) is 0 Å². The van der Waals surface area contributed by atoms with Crippen molar-refractivity contribution in [2.45, 2.75) is 0 Å². The number of aliphatic imine (C=N–C) groups is 1. The Kier molecular flexibility index (Phi) is 3.02. The number of aliphatic hydroxyl groups is 1. The van der Waals surface area contributed by atoms with E-state index in [0.29, 0.717) is 5.92 Å². The smallest absolute Gasteiger partial charge is 0.156 e. The number of nitrogens with one attached hydrogen (secondary N) is 1. The van der Waals surface area contributed by atoms with Crippen molar-refractivity contribution in [2.75, 3.05) is 26.0 Å². The van der Waals surface area contributed by atoms with Gasteiger partial charge in [-0.2, -0.15) is 0 Å².